The van der Waals surface area contributed by atoms with Crippen molar-refractivity contribution in [2.75, 3.05) is 0 Å². The molecule has 18 heavy (non-hydrogen) atoms. The predicted octanol–water partition coefficient (Wildman–Crippen LogP) is 1.92. The van der Waals surface area contributed by atoms with Gasteiger partial charge in [-0.05, 0) is 39.3 Å². The van der Waals surface area contributed by atoms with Crippen molar-refractivity contribution >= 4 is 21.7 Å². The Balaban J connectivity index is 1.90. The molecule has 2 aromatic heterocycles. The van der Waals surface area contributed by atoms with Gasteiger partial charge >= 0.3 is 5.82 Å². The molecule has 0 atom stereocenters. The fraction of sp³-hybridized carbons (Fsp3) is 0.400. The number of aryl methyl sites for hydroxylation is 3. The minimum absolute atomic E-state index is 0.142. The van der Waals surface area contributed by atoms with Gasteiger partial charge < -0.3 is 10.1 Å². The summed E-state index contributed by atoms with van der Waals surface area (Å²) in [6.07, 6.45) is 7.14. The minimum Gasteiger partial charge on any atom is -0.358 e. The van der Waals surface area contributed by atoms with E-state index >= 15 is 0 Å². The van der Waals surface area contributed by atoms with Crippen LogP contribution in [0.25, 0.3) is 0 Å². The van der Waals surface area contributed by atoms with Gasteiger partial charge in [0.05, 0.1) is 24.0 Å². The maximum absolute atomic E-state index is 10.6. The zero-order valence-corrected chi connectivity index (χ0v) is 11.4. The third kappa shape index (κ3) is 2.95. The molecule has 8 heteroatoms. The van der Waals surface area contributed by atoms with Crippen LogP contribution >= 0.6 is 15.9 Å². The second kappa shape index (κ2) is 5.30. The van der Waals surface area contributed by atoms with Gasteiger partial charge in [-0.15, -0.1) is 0 Å². The van der Waals surface area contributed by atoms with Gasteiger partial charge in [-0.3, -0.25) is 4.68 Å². The zero-order chi connectivity index (χ0) is 13.1. The SMILES string of the molecule is Cn1cc(CCCn2cc(Br)c([N+](=O)[O-])n2)cn1. The van der Waals surface area contributed by atoms with E-state index in [9.17, 15) is 10.1 Å². The van der Waals surface area contributed by atoms with Gasteiger partial charge in [0.25, 0.3) is 0 Å². The molecular formula is C10H12BrN5O2. The Kier molecular flexibility index (Phi) is 3.75. The largest absolute Gasteiger partial charge is 0.404 e. The number of nitro groups is 1. The van der Waals surface area contributed by atoms with Crippen LogP contribution in [0, 0.1) is 10.1 Å². The first-order valence-electron chi connectivity index (χ1n) is 5.41. The first kappa shape index (κ1) is 12.7. The van der Waals surface area contributed by atoms with Crippen molar-refractivity contribution in [3.05, 3.63) is 38.7 Å². The van der Waals surface area contributed by atoms with Crippen LogP contribution < -0.4 is 0 Å². The van der Waals surface area contributed by atoms with Gasteiger partial charge in [-0.25, -0.2) is 0 Å². The van der Waals surface area contributed by atoms with Crippen molar-refractivity contribution in [3.8, 4) is 0 Å². The number of hydrogen-bond acceptors (Lipinski definition) is 4. The fourth-order valence-electron chi connectivity index (χ4n) is 1.67. The van der Waals surface area contributed by atoms with Crippen LogP contribution in [0.2, 0.25) is 0 Å². The molecule has 0 N–H and O–H groups in total. The van der Waals surface area contributed by atoms with Gasteiger partial charge in [0.15, 0.2) is 0 Å². The van der Waals surface area contributed by atoms with Gasteiger partial charge in [0, 0.05) is 13.2 Å². The van der Waals surface area contributed by atoms with Crippen LogP contribution in [-0.2, 0) is 20.0 Å². The summed E-state index contributed by atoms with van der Waals surface area (Å²) < 4.78 is 3.75. The molecule has 0 saturated carbocycles. The van der Waals surface area contributed by atoms with Crippen LogP contribution in [0.5, 0.6) is 0 Å². The van der Waals surface area contributed by atoms with E-state index in [-0.39, 0.29) is 5.82 Å². The lowest BCUT2D eigenvalue weighted by Crippen LogP contribution is -2.01. The quantitative estimate of drug-likeness (QED) is 0.624. The van der Waals surface area contributed by atoms with Crippen LogP contribution in [0.15, 0.2) is 23.1 Å². The van der Waals surface area contributed by atoms with Crippen molar-refractivity contribution in [2.45, 2.75) is 19.4 Å². The number of rotatable bonds is 5. The van der Waals surface area contributed by atoms with Crippen LogP contribution in [0.1, 0.15) is 12.0 Å². The van der Waals surface area contributed by atoms with E-state index in [0.29, 0.717) is 11.0 Å². The van der Waals surface area contributed by atoms with E-state index in [1.165, 1.54) is 0 Å². The molecule has 0 amide bonds. The Bertz CT molecular complexity index is 562. The Morgan fingerprint density at radius 3 is 2.83 bits per heavy atom. The summed E-state index contributed by atoms with van der Waals surface area (Å²) in [4.78, 5) is 10.1. The lowest BCUT2D eigenvalue weighted by Gasteiger charge is -1.95. The van der Waals surface area contributed by atoms with Crippen LogP contribution in [-0.4, -0.2) is 24.5 Å². The zero-order valence-electron chi connectivity index (χ0n) is 9.78. The summed E-state index contributed by atoms with van der Waals surface area (Å²) in [6.45, 7) is 0.640. The summed E-state index contributed by atoms with van der Waals surface area (Å²) >= 11 is 3.12. The Morgan fingerprint density at radius 2 is 2.28 bits per heavy atom. The topological polar surface area (TPSA) is 78.8 Å². The lowest BCUT2D eigenvalue weighted by atomic mass is 10.2. The van der Waals surface area contributed by atoms with Crippen LogP contribution in [0.4, 0.5) is 5.82 Å². The molecule has 0 fully saturated rings. The fourth-order valence-corrected chi connectivity index (χ4v) is 2.13. The minimum atomic E-state index is -0.498. The summed E-state index contributed by atoms with van der Waals surface area (Å²) in [5.41, 5.74) is 1.15. The molecule has 0 unspecified atom stereocenters. The Hall–Kier alpha value is -1.70. The average molecular weight is 314 g/mol. The standard InChI is InChI=1S/C10H12BrN5O2/c1-14-6-8(5-12-14)3-2-4-15-7-9(11)10(13-15)16(17)18/h5-7H,2-4H2,1H3. The molecule has 7 nitrogen and oxygen atoms in total. The molecule has 0 aromatic carbocycles. The van der Waals surface area contributed by atoms with E-state index in [4.69, 9.17) is 0 Å². The molecular weight excluding hydrogens is 302 g/mol. The van der Waals surface area contributed by atoms with E-state index in [2.05, 4.69) is 26.1 Å². The highest BCUT2D eigenvalue weighted by Gasteiger charge is 2.17. The lowest BCUT2D eigenvalue weighted by molar-refractivity contribution is -0.390. The summed E-state index contributed by atoms with van der Waals surface area (Å²) in [5, 5.41) is 18.6. The smallest absolute Gasteiger partial charge is 0.358 e. The van der Waals surface area contributed by atoms with E-state index in [0.717, 1.165) is 18.4 Å². The van der Waals surface area contributed by atoms with Crippen LogP contribution in [0.3, 0.4) is 0 Å². The van der Waals surface area contributed by atoms with Gasteiger partial charge in [0.1, 0.15) is 4.47 Å². The van der Waals surface area contributed by atoms with Crippen molar-refractivity contribution in [3.63, 3.8) is 0 Å². The van der Waals surface area contributed by atoms with E-state index in [1.54, 1.807) is 15.6 Å². The molecule has 2 rings (SSSR count). The van der Waals surface area contributed by atoms with Gasteiger partial charge in [0.2, 0.25) is 0 Å². The normalized spacial score (nSPS) is 10.8. The van der Waals surface area contributed by atoms with Crippen molar-refractivity contribution < 1.29 is 4.92 Å². The molecule has 0 aliphatic carbocycles. The Morgan fingerprint density at radius 1 is 1.50 bits per heavy atom. The van der Waals surface area contributed by atoms with E-state index < -0.39 is 4.92 Å². The molecule has 2 aromatic rings. The Labute approximate surface area is 112 Å². The third-order valence-electron chi connectivity index (χ3n) is 2.48. The number of nitrogens with zero attached hydrogens (tertiary/aromatic N) is 5. The van der Waals surface area contributed by atoms with Crippen molar-refractivity contribution in [2.24, 2.45) is 7.05 Å². The molecule has 0 aliphatic rings. The average Bonchev–Trinajstić information content (AvgIpc) is 2.85. The third-order valence-corrected chi connectivity index (χ3v) is 3.04. The molecule has 0 aliphatic heterocycles. The number of hydrogen-bond donors (Lipinski definition) is 0. The van der Waals surface area contributed by atoms with Crippen molar-refractivity contribution in [1.82, 2.24) is 19.6 Å². The van der Waals surface area contributed by atoms with Gasteiger partial charge in [-0.1, -0.05) is 0 Å². The summed E-state index contributed by atoms with van der Waals surface area (Å²) in [6, 6.07) is 0. The molecule has 0 spiro atoms. The number of aromatic nitrogens is 4. The van der Waals surface area contributed by atoms with E-state index in [1.807, 2.05) is 19.4 Å². The van der Waals surface area contributed by atoms with Crippen molar-refractivity contribution in [1.29, 1.82) is 0 Å². The maximum Gasteiger partial charge on any atom is 0.404 e. The molecule has 0 radical (unpaired) electrons. The predicted molar refractivity (Wildman–Crippen MR) is 68.1 cm³/mol. The first-order valence-corrected chi connectivity index (χ1v) is 6.20. The highest BCUT2D eigenvalue weighted by Crippen LogP contribution is 2.22. The molecule has 2 heterocycles. The second-order valence-electron chi connectivity index (χ2n) is 3.95. The molecule has 96 valence electrons. The first-order chi connectivity index (χ1) is 8.56. The second-order valence-corrected chi connectivity index (χ2v) is 4.80. The monoisotopic (exact) mass is 313 g/mol. The molecule has 0 bridgehead atoms. The maximum atomic E-state index is 10.6. The highest BCUT2D eigenvalue weighted by molar-refractivity contribution is 9.10. The summed E-state index contributed by atoms with van der Waals surface area (Å²) in [5.74, 6) is -0.142. The molecule has 0 saturated heterocycles. The van der Waals surface area contributed by atoms with Gasteiger partial charge in [-0.2, -0.15) is 9.78 Å². The summed E-state index contributed by atoms with van der Waals surface area (Å²) in [7, 11) is 1.87. The highest BCUT2D eigenvalue weighted by atomic mass is 79.9. The number of halogens is 1.